The zero-order chi connectivity index (χ0) is 11.4. The summed E-state index contributed by atoms with van der Waals surface area (Å²) in [6.45, 7) is 5.00. The number of nitrogens with zero attached hydrogens (tertiary/aromatic N) is 1. The lowest BCUT2D eigenvalue weighted by atomic mass is 10.3. The predicted molar refractivity (Wildman–Crippen MR) is 61.9 cm³/mol. The van der Waals surface area contributed by atoms with Gasteiger partial charge < -0.3 is 14.8 Å². The minimum Gasteiger partial charge on any atom is -0.468 e. The van der Waals surface area contributed by atoms with Gasteiger partial charge in [-0.2, -0.15) is 0 Å². The lowest BCUT2D eigenvalue weighted by Crippen LogP contribution is -2.38. The molecule has 0 aliphatic carbocycles. The number of hydrogen-bond acceptors (Lipinski definition) is 4. The van der Waals surface area contributed by atoms with Gasteiger partial charge in [-0.25, -0.2) is 4.98 Å². The number of aromatic nitrogens is 1. The number of halogens is 1. The molecule has 1 aliphatic rings. The van der Waals surface area contributed by atoms with Gasteiger partial charge in [-0.1, -0.05) is 18.5 Å². The minimum atomic E-state index is 0.101. The van der Waals surface area contributed by atoms with E-state index in [1.54, 1.807) is 6.20 Å². The molecule has 1 N–H and O–H groups in total. The van der Waals surface area contributed by atoms with E-state index in [2.05, 4.69) is 17.2 Å². The maximum atomic E-state index is 6.08. The Kier molecular flexibility index (Phi) is 3.98. The second-order valence-electron chi connectivity index (χ2n) is 3.69. The van der Waals surface area contributed by atoms with E-state index < -0.39 is 0 Å². The van der Waals surface area contributed by atoms with Gasteiger partial charge in [-0.15, -0.1) is 0 Å². The topological polar surface area (TPSA) is 43.4 Å². The summed E-state index contributed by atoms with van der Waals surface area (Å²) in [4.78, 5) is 4.20. The Bertz CT molecular complexity index is 356. The zero-order valence-corrected chi connectivity index (χ0v) is 9.96. The van der Waals surface area contributed by atoms with Crippen molar-refractivity contribution in [1.29, 1.82) is 0 Å². The van der Waals surface area contributed by atoms with E-state index in [1.807, 2.05) is 6.07 Å². The van der Waals surface area contributed by atoms with Crippen LogP contribution in [0.2, 0.25) is 5.02 Å². The van der Waals surface area contributed by atoms with Gasteiger partial charge in [0, 0.05) is 12.7 Å². The summed E-state index contributed by atoms with van der Waals surface area (Å²) in [5, 5.41) is 3.77. The van der Waals surface area contributed by atoms with Crippen molar-refractivity contribution in [2.45, 2.75) is 19.6 Å². The van der Waals surface area contributed by atoms with Crippen LogP contribution in [0.15, 0.2) is 12.3 Å². The van der Waals surface area contributed by atoms with Gasteiger partial charge in [0.05, 0.1) is 13.2 Å². The molecule has 1 fully saturated rings. The average Bonchev–Trinajstić information content (AvgIpc) is 2.22. The Morgan fingerprint density at radius 2 is 2.44 bits per heavy atom. The van der Waals surface area contributed by atoms with Crippen LogP contribution in [0.25, 0.3) is 0 Å². The summed E-state index contributed by atoms with van der Waals surface area (Å²) >= 11 is 6.08. The van der Waals surface area contributed by atoms with Crippen molar-refractivity contribution in [3.63, 3.8) is 0 Å². The highest BCUT2D eigenvalue weighted by atomic mass is 35.5. The highest BCUT2D eigenvalue weighted by Crippen LogP contribution is 2.24. The Labute approximate surface area is 99.9 Å². The van der Waals surface area contributed by atoms with E-state index in [0.717, 1.165) is 18.7 Å². The van der Waals surface area contributed by atoms with E-state index in [-0.39, 0.29) is 6.10 Å². The van der Waals surface area contributed by atoms with Gasteiger partial charge >= 0.3 is 0 Å². The molecule has 16 heavy (non-hydrogen) atoms. The molecule has 1 aromatic rings. The van der Waals surface area contributed by atoms with Crippen molar-refractivity contribution in [2.24, 2.45) is 0 Å². The molecule has 5 heteroatoms. The molecule has 0 bridgehead atoms. The van der Waals surface area contributed by atoms with Crippen molar-refractivity contribution < 1.29 is 9.47 Å². The SMILES string of the molecule is CCNCc1cnc(OC2COC2)c(Cl)c1. The number of rotatable bonds is 5. The van der Waals surface area contributed by atoms with Crippen LogP contribution in [0, 0.1) is 0 Å². The standard InChI is InChI=1S/C11H15ClN2O2/c1-2-13-4-8-3-10(12)11(14-5-8)16-9-6-15-7-9/h3,5,9,13H,2,4,6-7H2,1H3. The second-order valence-corrected chi connectivity index (χ2v) is 4.10. The van der Waals surface area contributed by atoms with Crippen molar-refractivity contribution >= 4 is 11.6 Å². The van der Waals surface area contributed by atoms with Crippen LogP contribution in [0.4, 0.5) is 0 Å². The Morgan fingerprint density at radius 1 is 1.62 bits per heavy atom. The zero-order valence-electron chi connectivity index (χ0n) is 9.20. The van der Waals surface area contributed by atoms with Gasteiger partial charge in [0.15, 0.2) is 0 Å². The van der Waals surface area contributed by atoms with Gasteiger partial charge in [-0.3, -0.25) is 0 Å². The molecule has 88 valence electrons. The minimum absolute atomic E-state index is 0.101. The highest BCUT2D eigenvalue weighted by Gasteiger charge is 2.21. The normalized spacial score (nSPS) is 15.9. The first-order valence-electron chi connectivity index (χ1n) is 5.39. The van der Waals surface area contributed by atoms with Gasteiger partial charge in [0.2, 0.25) is 5.88 Å². The molecule has 0 amide bonds. The second kappa shape index (κ2) is 5.48. The summed E-state index contributed by atoms with van der Waals surface area (Å²) in [6.07, 6.45) is 1.88. The van der Waals surface area contributed by atoms with Crippen molar-refractivity contribution in [1.82, 2.24) is 10.3 Å². The molecule has 1 saturated heterocycles. The molecule has 0 spiro atoms. The molecule has 0 saturated carbocycles. The first-order valence-corrected chi connectivity index (χ1v) is 5.77. The van der Waals surface area contributed by atoms with Crippen molar-refractivity contribution in [3.05, 3.63) is 22.8 Å². The van der Waals surface area contributed by atoms with E-state index in [1.165, 1.54) is 0 Å². The third-order valence-electron chi connectivity index (χ3n) is 2.33. The fourth-order valence-electron chi connectivity index (χ4n) is 1.36. The molecular formula is C11H15ClN2O2. The van der Waals surface area contributed by atoms with Crippen LogP contribution in [0.3, 0.4) is 0 Å². The quantitative estimate of drug-likeness (QED) is 0.852. The maximum Gasteiger partial charge on any atom is 0.233 e. The molecule has 0 atom stereocenters. The van der Waals surface area contributed by atoms with Crippen molar-refractivity contribution in [2.75, 3.05) is 19.8 Å². The monoisotopic (exact) mass is 242 g/mol. The molecule has 4 nitrogen and oxygen atoms in total. The van der Waals surface area contributed by atoms with Crippen LogP contribution in [-0.4, -0.2) is 30.8 Å². The molecule has 2 rings (SSSR count). The van der Waals surface area contributed by atoms with E-state index >= 15 is 0 Å². The van der Waals surface area contributed by atoms with E-state index in [9.17, 15) is 0 Å². The number of pyridine rings is 1. The average molecular weight is 243 g/mol. The maximum absolute atomic E-state index is 6.08. The third-order valence-corrected chi connectivity index (χ3v) is 2.60. The Hall–Kier alpha value is -0.840. The molecule has 0 aromatic carbocycles. The highest BCUT2D eigenvalue weighted by molar-refractivity contribution is 6.31. The molecular weight excluding hydrogens is 228 g/mol. The summed E-state index contributed by atoms with van der Waals surface area (Å²) in [5.41, 5.74) is 1.06. The fourth-order valence-corrected chi connectivity index (χ4v) is 1.59. The largest absolute Gasteiger partial charge is 0.468 e. The number of hydrogen-bond donors (Lipinski definition) is 1. The van der Waals surface area contributed by atoms with Crippen LogP contribution in [-0.2, 0) is 11.3 Å². The number of ether oxygens (including phenoxy) is 2. The Balaban J connectivity index is 1.97. The summed E-state index contributed by atoms with van der Waals surface area (Å²) in [6, 6.07) is 1.88. The molecule has 2 heterocycles. The fraction of sp³-hybridized carbons (Fsp3) is 0.545. The van der Waals surface area contributed by atoms with Gasteiger partial charge in [0.1, 0.15) is 11.1 Å². The van der Waals surface area contributed by atoms with Gasteiger partial charge in [0.25, 0.3) is 0 Å². The summed E-state index contributed by atoms with van der Waals surface area (Å²) < 4.78 is 10.6. The summed E-state index contributed by atoms with van der Waals surface area (Å²) in [5.74, 6) is 0.496. The predicted octanol–water partition coefficient (Wildman–Crippen LogP) is 1.62. The van der Waals surface area contributed by atoms with E-state index in [0.29, 0.717) is 24.1 Å². The van der Waals surface area contributed by atoms with Crippen LogP contribution < -0.4 is 10.1 Å². The van der Waals surface area contributed by atoms with Gasteiger partial charge in [-0.05, 0) is 18.2 Å². The smallest absolute Gasteiger partial charge is 0.233 e. The first kappa shape index (κ1) is 11.6. The molecule has 0 unspecified atom stereocenters. The van der Waals surface area contributed by atoms with E-state index in [4.69, 9.17) is 21.1 Å². The molecule has 1 aromatic heterocycles. The first-order chi connectivity index (χ1) is 7.79. The summed E-state index contributed by atoms with van der Waals surface area (Å²) in [7, 11) is 0. The molecule has 0 radical (unpaired) electrons. The van der Waals surface area contributed by atoms with Crippen LogP contribution >= 0.6 is 11.6 Å². The molecule has 1 aliphatic heterocycles. The van der Waals surface area contributed by atoms with Crippen molar-refractivity contribution in [3.8, 4) is 5.88 Å². The Morgan fingerprint density at radius 3 is 3.00 bits per heavy atom. The lowest BCUT2D eigenvalue weighted by molar-refractivity contribution is -0.0813. The van der Waals surface area contributed by atoms with Crippen LogP contribution in [0.1, 0.15) is 12.5 Å². The third kappa shape index (κ3) is 2.84. The number of nitrogens with one attached hydrogen (secondary N) is 1. The van der Waals surface area contributed by atoms with Crippen LogP contribution in [0.5, 0.6) is 5.88 Å². The lowest BCUT2D eigenvalue weighted by Gasteiger charge is -2.26.